The maximum Gasteiger partial charge on any atom is 0.315 e. The van der Waals surface area contributed by atoms with E-state index in [0.29, 0.717) is 5.92 Å². The Kier molecular flexibility index (Phi) is 4.80. The monoisotopic (exact) mass is 349 g/mol. The predicted octanol–water partition coefficient (Wildman–Crippen LogP) is 3.29. The van der Waals surface area contributed by atoms with Crippen molar-refractivity contribution in [2.45, 2.75) is 91.3 Å². The average Bonchev–Trinajstić information content (AvgIpc) is 2.88. The molecule has 5 unspecified atom stereocenters. The van der Waals surface area contributed by atoms with Gasteiger partial charge in [-0.2, -0.15) is 0 Å². The van der Waals surface area contributed by atoms with Gasteiger partial charge in [-0.1, -0.05) is 20.8 Å². The fraction of sp³-hybridized carbons (Fsp3) is 0.900. The summed E-state index contributed by atoms with van der Waals surface area (Å²) in [6.07, 6.45) is 6.81. The van der Waals surface area contributed by atoms with E-state index in [4.69, 9.17) is 0 Å². The molecule has 1 aliphatic heterocycles. The van der Waals surface area contributed by atoms with Crippen LogP contribution in [0.5, 0.6) is 0 Å². The molecule has 0 aromatic heterocycles. The van der Waals surface area contributed by atoms with Gasteiger partial charge < -0.3 is 15.5 Å². The number of piperidine rings is 1. The minimum atomic E-state index is -0.472. The summed E-state index contributed by atoms with van der Waals surface area (Å²) in [6.45, 7) is 11.7. The molecule has 3 fully saturated rings. The van der Waals surface area contributed by atoms with Crippen molar-refractivity contribution in [2.75, 3.05) is 6.54 Å². The van der Waals surface area contributed by atoms with Crippen LogP contribution in [0.25, 0.3) is 0 Å². The van der Waals surface area contributed by atoms with E-state index in [9.17, 15) is 9.59 Å². The Morgan fingerprint density at radius 1 is 1.16 bits per heavy atom. The van der Waals surface area contributed by atoms with Crippen molar-refractivity contribution in [3.05, 3.63) is 0 Å². The van der Waals surface area contributed by atoms with Crippen molar-refractivity contribution in [2.24, 2.45) is 16.7 Å². The van der Waals surface area contributed by atoms with Crippen LogP contribution in [0, 0.1) is 16.7 Å². The van der Waals surface area contributed by atoms with Gasteiger partial charge in [0.2, 0.25) is 5.91 Å². The van der Waals surface area contributed by atoms with Crippen LogP contribution < -0.4 is 10.6 Å². The van der Waals surface area contributed by atoms with E-state index in [1.807, 2.05) is 4.90 Å². The van der Waals surface area contributed by atoms with Gasteiger partial charge in [-0.05, 0) is 69.1 Å². The van der Waals surface area contributed by atoms with Gasteiger partial charge in [-0.15, -0.1) is 0 Å². The predicted molar refractivity (Wildman–Crippen MR) is 99.2 cm³/mol. The Hall–Kier alpha value is -1.26. The van der Waals surface area contributed by atoms with Gasteiger partial charge in [-0.3, -0.25) is 4.79 Å². The average molecular weight is 350 g/mol. The van der Waals surface area contributed by atoms with E-state index in [0.717, 1.165) is 25.8 Å². The lowest BCUT2D eigenvalue weighted by molar-refractivity contribution is -0.136. The number of fused-ring (bicyclic) bond motifs is 2. The maximum atomic E-state index is 12.7. The number of urea groups is 1. The Morgan fingerprint density at radius 2 is 1.88 bits per heavy atom. The summed E-state index contributed by atoms with van der Waals surface area (Å²) >= 11 is 0. The second kappa shape index (κ2) is 6.48. The largest absolute Gasteiger partial charge is 0.338 e. The van der Waals surface area contributed by atoms with Crippen LogP contribution in [-0.2, 0) is 4.79 Å². The molecular weight excluding hydrogens is 314 g/mol. The highest BCUT2D eigenvalue weighted by Gasteiger charge is 2.61. The number of nitrogens with one attached hydrogen (secondary N) is 2. The van der Waals surface area contributed by atoms with Gasteiger partial charge >= 0.3 is 6.03 Å². The summed E-state index contributed by atoms with van der Waals surface area (Å²) in [4.78, 5) is 27.1. The second-order valence-electron chi connectivity index (χ2n) is 9.38. The third-order valence-corrected chi connectivity index (χ3v) is 7.90. The van der Waals surface area contributed by atoms with Crippen molar-refractivity contribution in [3.8, 4) is 0 Å². The molecule has 1 saturated heterocycles. The molecule has 3 amide bonds. The van der Waals surface area contributed by atoms with Crippen LogP contribution >= 0.6 is 0 Å². The summed E-state index contributed by atoms with van der Waals surface area (Å²) in [7, 11) is 0. The van der Waals surface area contributed by atoms with Crippen LogP contribution in [0.2, 0.25) is 0 Å². The summed E-state index contributed by atoms with van der Waals surface area (Å²) in [5.74, 6) is 0.734. The zero-order chi connectivity index (χ0) is 18.4. The second-order valence-corrected chi connectivity index (χ2v) is 9.38. The van der Waals surface area contributed by atoms with E-state index in [2.05, 4.69) is 38.3 Å². The topological polar surface area (TPSA) is 61.4 Å². The van der Waals surface area contributed by atoms with E-state index >= 15 is 0 Å². The molecule has 2 aliphatic carbocycles. The number of carbonyl (C=O) groups is 2. The van der Waals surface area contributed by atoms with Crippen LogP contribution in [-0.4, -0.2) is 41.5 Å². The molecule has 2 N–H and O–H groups in total. The lowest BCUT2D eigenvalue weighted by Crippen LogP contribution is -2.56. The van der Waals surface area contributed by atoms with Crippen LogP contribution in [0.4, 0.5) is 4.79 Å². The lowest BCUT2D eigenvalue weighted by Gasteiger charge is -2.39. The first-order valence-electron chi connectivity index (χ1n) is 10.0. The van der Waals surface area contributed by atoms with Crippen LogP contribution in [0.15, 0.2) is 0 Å². The zero-order valence-electron chi connectivity index (χ0n) is 16.5. The van der Waals surface area contributed by atoms with Gasteiger partial charge in [0.15, 0.2) is 0 Å². The molecule has 25 heavy (non-hydrogen) atoms. The molecule has 2 saturated carbocycles. The Balaban J connectivity index is 1.55. The van der Waals surface area contributed by atoms with Crippen LogP contribution in [0.3, 0.4) is 0 Å². The molecule has 0 aromatic carbocycles. The summed E-state index contributed by atoms with van der Waals surface area (Å²) < 4.78 is 0. The lowest BCUT2D eigenvalue weighted by atomic mass is 9.69. The number of carbonyl (C=O) groups excluding carboxylic acids is 2. The van der Waals surface area contributed by atoms with Crippen molar-refractivity contribution >= 4 is 11.9 Å². The van der Waals surface area contributed by atoms with Crippen molar-refractivity contribution < 1.29 is 9.59 Å². The molecule has 5 nitrogen and oxygen atoms in total. The highest BCUT2D eigenvalue weighted by Crippen LogP contribution is 2.65. The molecule has 0 radical (unpaired) electrons. The minimum absolute atomic E-state index is 0.0434. The Labute approximate surface area is 152 Å². The number of nitrogens with zero attached hydrogens (tertiary/aromatic N) is 1. The molecule has 5 heteroatoms. The molecule has 5 atom stereocenters. The molecule has 2 bridgehead atoms. The number of hydrogen-bond acceptors (Lipinski definition) is 2. The number of likely N-dealkylation sites (tertiary alicyclic amines) is 1. The Morgan fingerprint density at radius 3 is 2.44 bits per heavy atom. The van der Waals surface area contributed by atoms with Gasteiger partial charge in [0.25, 0.3) is 0 Å². The van der Waals surface area contributed by atoms with Gasteiger partial charge in [0.1, 0.15) is 6.04 Å². The number of rotatable bonds is 3. The molecular formula is C20H35N3O2. The first kappa shape index (κ1) is 18.5. The van der Waals surface area contributed by atoms with E-state index in [-0.39, 0.29) is 34.9 Å². The summed E-state index contributed by atoms with van der Waals surface area (Å²) in [6, 6.07) is -0.184. The molecule has 1 heterocycles. The van der Waals surface area contributed by atoms with Gasteiger partial charge in [-0.25, -0.2) is 4.79 Å². The van der Waals surface area contributed by atoms with Gasteiger partial charge in [0.05, 0.1) is 0 Å². The van der Waals surface area contributed by atoms with Gasteiger partial charge in [0, 0.05) is 18.6 Å². The molecule has 3 aliphatic rings. The molecule has 3 rings (SSSR count). The minimum Gasteiger partial charge on any atom is -0.338 e. The van der Waals surface area contributed by atoms with E-state index in [1.165, 1.54) is 19.3 Å². The molecule has 0 spiro atoms. The zero-order valence-corrected chi connectivity index (χ0v) is 16.5. The van der Waals surface area contributed by atoms with Crippen molar-refractivity contribution in [3.63, 3.8) is 0 Å². The summed E-state index contributed by atoms with van der Waals surface area (Å²) in [5.41, 5.74) is 0.430. The highest BCUT2D eigenvalue weighted by molar-refractivity contribution is 5.87. The SMILES string of the molecule is CC(NC(=O)NC1CC2CCC1(C)C2(C)C)C(=O)N1CCCCC1C. The Bertz CT molecular complexity index is 547. The highest BCUT2D eigenvalue weighted by atomic mass is 16.2. The normalized spacial score (nSPS) is 37.6. The standard InChI is InChI=1S/C20H35N3O2/c1-13-8-6-7-11-23(13)17(24)14(2)21-18(25)22-16-12-15-9-10-20(16,5)19(15,3)4/h13-16H,6-12H2,1-5H3,(H2,21,22,25). The summed E-state index contributed by atoms with van der Waals surface area (Å²) in [5, 5.41) is 6.07. The van der Waals surface area contributed by atoms with Crippen LogP contribution in [0.1, 0.15) is 73.1 Å². The first-order chi connectivity index (χ1) is 11.7. The van der Waals surface area contributed by atoms with Crippen molar-refractivity contribution in [1.29, 1.82) is 0 Å². The first-order valence-corrected chi connectivity index (χ1v) is 10.0. The number of hydrogen-bond donors (Lipinski definition) is 2. The maximum absolute atomic E-state index is 12.7. The van der Waals surface area contributed by atoms with E-state index in [1.54, 1.807) is 6.92 Å². The quantitative estimate of drug-likeness (QED) is 0.821. The number of amides is 3. The third kappa shape index (κ3) is 3.04. The molecule has 142 valence electrons. The third-order valence-electron chi connectivity index (χ3n) is 7.90. The van der Waals surface area contributed by atoms with E-state index < -0.39 is 6.04 Å². The molecule has 0 aromatic rings. The van der Waals surface area contributed by atoms with Crippen molar-refractivity contribution in [1.82, 2.24) is 15.5 Å². The fourth-order valence-electron chi connectivity index (χ4n) is 5.55. The fourth-order valence-corrected chi connectivity index (χ4v) is 5.55. The smallest absolute Gasteiger partial charge is 0.315 e.